The molecule has 0 spiro atoms. The van der Waals surface area contributed by atoms with Crippen LogP contribution >= 0.6 is 0 Å². The van der Waals surface area contributed by atoms with Crippen molar-refractivity contribution in [1.82, 2.24) is 10.5 Å². The largest absolute Gasteiger partial charge is 0.481 e. The molecule has 104 valence electrons. The van der Waals surface area contributed by atoms with Crippen LogP contribution in [0.25, 0.3) is 0 Å². The molecular formula is C13H18N2O4. The van der Waals surface area contributed by atoms with Crippen LogP contribution in [0.1, 0.15) is 54.8 Å². The maximum absolute atomic E-state index is 11.8. The SMILES string of the molecule is CCC(CNC(=O)c1cc(C2CC2)on1)CC(=O)O. The molecule has 1 aliphatic carbocycles. The van der Waals surface area contributed by atoms with E-state index in [9.17, 15) is 9.59 Å². The Balaban J connectivity index is 1.83. The lowest BCUT2D eigenvalue weighted by atomic mass is 10.0. The molecule has 2 N–H and O–H groups in total. The number of hydrogen-bond acceptors (Lipinski definition) is 4. The fraction of sp³-hybridized carbons (Fsp3) is 0.615. The second kappa shape index (κ2) is 5.86. The van der Waals surface area contributed by atoms with Crippen molar-refractivity contribution in [1.29, 1.82) is 0 Å². The van der Waals surface area contributed by atoms with Gasteiger partial charge in [-0.1, -0.05) is 18.5 Å². The van der Waals surface area contributed by atoms with Crippen LogP contribution in [0.15, 0.2) is 10.6 Å². The number of aliphatic carboxylic acids is 1. The Kier molecular flexibility index (Phi) is 4.19. The molecule has 1 atom stereocenters. The highest BCUT2D eigenvalue weighted by Crippen LogP contribution is 2.40. The van der Waals surface area contributed by atoms with Gasteiger partial charge < -0.3 is 14.9 Å². The Morgan fingerprint density at radius 2 is 2.32 bits per heavy atom. The summed E-state index contributed by atoms with van der Waals surface area (Å²) in [4.78, 5) is 22.5. The summed E-state index contributed by atoms with van der Waals surface area (Å²) in [5.41, 5.74) is 0.270. The van der Waals surface area contributed by atoms with Crippen molar-refractivity contribution in [3.8, 4) is 0 Å². The lowest BCUT2D eigenvalue weighted by Gasteiger charge is -2.12. The zero-order chi connectivity index (χ0) is 13.8. The molecule has 6 nitrogen and oxygen atoms in total. The first-order valence-corrected chi connectivity index (χ1v) is 6.56. The first-order chi connectivity index (χ1) is 9.10. The predicted molar refractivity (Wildman–Crippen MR) is 66.8 cm³/mol. The molecule has 0 aliphatic heterocycles. The van der Waals surface area contributed by atoms with Crippen molar-refractivity contribution in [3.05, 3.63) is 17.5 Å². The van der Waals surface area contributed by atoms with Gasteiger partial charge in [-0.2, -0.15) is 0 Å². The molecular weight excluding hydrogens is 248 g/mol. The number of rotatable bonds is 7. The number of nitrogens with zero attached hydrogens (tertiary/aromatic N) is 1. The molecule has 0 radical (unpaired) electrons. The summed E-state index contributed by atoms with van der Waals surface area (Å²) >= 11 is 0. The van der Waals surface area contributed by atoms with Crippen molar-refractivity contribution in [3.63, 3.8) is 0 Å². The van der Waals surface area contributed by atoms with Crippen molar-refractivity contribution >= 4 is 11.9 Å². The third-order valence-electron chi connectivity index (χ3n) is 3.33. The average Bonchev–Trinajstić information content (AvgIpc) is 3.11. The molecule has 1 heterocycles. The van der Waals surface area contributed by atoms with Crippen molar-refractivity contribution in [2.45, 2.75) is 38.5 Å². The lowest BCUT2D eigenvalue weighted by Crippen LogP contribution is -2.30. The molecule has 0 aromatic carbocycles. The van der Waals surface area contributed by atoms with Gasteiger partial charge in [-0.3, -0.25) is 9.59 Å². The van der Waals surface area contributed by atoms with Crippen LogP contribution in [0.3, 0.4) is 0 Å². The number of aromatic nitrogens is 1. The Bertz CT molecular complexity index is 465. The van der Waals surface area contributed by atoms with Crippen molar-refractivity contribution in [2.75, 3.05) is 6.54 Å². The minimum atomic E-state index is -0.849. The van der Waals surface area contributed by atoms with Crippen LogP contribution in [0, 0.1) is 5.92 Å². The van der Waals surface area contributed by atoms with Gasteiger partial charge in [0.2, 0.25) is 0 Å². The molecule has 1 aromatic rings. The van der Waals surface area contributed by atoms with E-state index in [1.165, 1.54) is 0 Å². The molecule has 1 aliphatic rings. The van der Waals surface area contributed by atoms with E-state index in [1.807, 2.05) is 6.92 Å². The molecule has 1 saturated carbocycles. The number of carboxylic acids is 1. The van der Waals surface area contributed by atoms with E-state index >= 15 is 0 Å². The monoisotopic (exact) mass is 266 g/mol. The minimum Gasteiger partial charge on any atom is -0.481 e. The maximum atomic E-state index is 11.8. The summed E-state index contributed by atoms with van der Waals surface area (Å²) < 4.78 is 5.10. The fourth-order valence-electron chi connectivity index (χ4n) is 1.89. The normalized spacial score (nSPS) is 16.1. The first kappa shape index (κ1) is 13.6. The van der Waals surface area contributed by atoms with Gasteiger partial charge in [0.15, 0.2) is 5.69 Å². The van der Waals surface area contributed by atoms with Gasteiger partial charge in [0, 0.05) is 24.9 Å². The standard InChI is InChI=1S/C13H18N2O4/c1-2-8(5-12(16)17)7-14-13(18)10-6-11(19-15-10)9-3-4-9/h6,8-9H,2-5,7H2,1H3,(H,14,18)(H,16,17). The number of hydrogen-bond donors (Lipinski definition) is 2. The quantitative estimate of drug-likeness (QED) is 0.784. The van der Waals surface area contributed by atoms with E-state index in [0.29, 0.717) is 18.9 Å². The first-order valence-electron chi connectivity index (χ1n) is 6.56. The zero-order valence-corrected chi connectivity index (χ0v) is 10.9. The predicted octanol–water partition coefficient (Wildman–Crippen LogP) is 1.78. The van der Waals surface area contributed by atoms with Gasteiger partial charge in [-0.15, -0.1) is 0 Å². The van der Waals surface area contributed by atoms with E-state index in [4.69, 9.17) is 9.63 Å². The Morgan fingerprint density at radius 3 is 2.89 bits per heavy atom. The van der Waals surface area contributed by atoms with E-state index in [-0.39, 0.29) is 23.9 Å². The highest BCUT2D eigenvalue weighted by molar-refractivity contribution is 5.92. The molecule has 0 bridgehead atoms. The Labute approximate surface area is 111 Å². The second-order valence-electron chi connectivity index (χ2n) is 4.97. The van der Waals surface area contributed by atoms with Gasteiger partial charge in [0.05, 0.1) is 0 Å². The van der Waals surface area contributed by atoms with Crippen LogP contribution in [0.4, 0.5) is 0 Å². The van der Waals surface area contributed by atoms with E-state index in [0.717, 1.165) is 18.6 Å². The van der Waals surface area contributed by atoms with Gasteiger partial charge in [0.1, 0.15) is 5.76 Å². The van der Waals surface area contributed by atoms with E-state index < -0.39 is 5.97 Å². The number of nitrogens with one attached hydrogen (secondary N) is 1. The minimum absolute atomic E-state index is 0.0585. The molecule has 1 aromatic heterocycles. The van der Waals surface area contributed by atoms with Crippen LogP contribution in [0.2, 0.25) is 0 Å². The number of carbonyl (C=O) groups excluding carboxylic acids is 1. The molecule has 1 fully saturated rings. The second-order valence-corrected chi connectivity index (χ2v) is 4.97. The average molecular weight is 266 g/mol. The van der Waals surface area contributed by atoms with Gasteiger partial charge in [-0.05, 0) is 18.8 Å². The van der Waals surface area contributed by atoms with E-state index in [1.54, 1.807) is 6.07 Å². The third-order valence-corrected chi connectivity index (χ3v) is 3.33. The van der Waals surface area contributed by atoms with Crippen LogP contribution < -0.4 is 5.32 Å². The zero-order valence-electron chi connectivity index (χ0n) is 10.9. The van der Waals surface area contributed by atoms with Crippen molar-refractivity contribution in [2.24, 2.45) is 5.92 Å². The summed E-state index contributed by atoms with van der Waals surface area (Å²) in [7, 11) is 0. The topological polar surface area (TPSA) is 92.4 Å². The van der Waals surface area contributed by atoms with Crippen molar-refractivity contribution < 1.29 is 19.2 Å². The van der Waals surface area contributed by atoms with Gasteiger partial charge in [-0.25, -0.2) is 0 Å². The molecule has 2 rings (SSSR count). The number of carbonyl (C=O) groups is 2. The maximum Gasteiger partial charge on any atom is 0.303 e. The smallest absolute Gasteiger partial charge is 0.303 e. The van der Waals surface area contributed by atoms with Crippen LogP contribution in [-0.4, -0.2) is 28.7 Å². The number of amides is 1. The highest BCUT2D eigenvalue weighted by atomic mass is 16.5. The molecule has 1 unspecified atom stereocenters. The van der Waals surface area contributed by atoms with Crippen LogP contribution in [0.5, 0.6) is 0 Å². The summed E-state index contributed by atoms with van der Waals surface area (Å²) in [6.07, 6.45) is 2.95. The Hall–Kier alpha value is -1.85. The van der Waals surface area contributed by atoms with Gasteiger partial charge in [0.25, 0.3) is 5.91 Å². The molecule has 19 heavy (non-hydrogen) atoms. The Morgan fingerprint density at radius 1 is 1.58 bits per heavy atom. The summed E-state index contributed by atoms with van der Waals surface area (Å²) in [5.74, 6) is -0.0264. The number of carboxylic acid groups (broad SMARTS) is 1. The lowest BCUT2D eigenvalue weighted by molar-refractivity contribution is -0.138. The highest BCUT2D eigenvalue weighted by Gasteiger charge is 2.28. The summed E-state index contributed by atoms with van der Waals surface area (Å²) in [6.45, 7) is 2.24. The van der Waals surface area contributed by atoms with Crippen LogP contribution in [-0.2, 0) is 4.79 Å². The third kappa shape index (κ3) is 3.81. The molecule has 1 amide bonds. The van der Waals surface area contributed by atoms with Gasteiger partial charge >= 0.3 is 5.97 Å². The fourth-order valence-corrected chi connectivity index (χ4v) is 1.89. The summed E-state index contributed by atoms with van der Waals surface area (Å²) in [5, 5.41) is 15.2. The summed E-state index contributed by atoms with van der Waals surface area (Å²) in [6, 6.07) is 1.67. The van der Waals surface area contributed by atoms with E-state index in [2.05, 4.69) is 10.5 Å². The molecule has 6 heteroatoms. The molecule has 0 saturated heterocycles.